The van der Waals surface area contributed by atoms with Crippen molar-refractivity contribution < 1.29 is 4.74 Å². The standard InChI is InChI=1S/C18H31NOS/c1-6-13-19-16(11-12-18(3,4)20-5)14-21-17-10-8-7-9-15(17)2/h7-10,16,19H,6,11-14H2,1-5H3. The second-order valence-corrected chi connectivity index (χ2v) is 7.29. The first-order valence-electron chi connectivity index (χ1n) is 7.95. The van der Waals surface area contributed by atoms with Crippen LogP contribution in [-0.2, 0) is 4.74 Å². The molecular formula is C18H31NOS. The Morgan fingerprint density at radius 1 is 1.29 bits per heavy atom. The molecule has 0 fully saturated rings. The number of methoxy groups -OCH3 is 1. The Labute approximate surface area is 135 Å². The largest absolute Gasteiger partial charge is 0.379 e. The van der Waals surface area contributed by atoms with Gasteiger partial charge in [-0.15, -0.1) is 11.8 Å². The second kappa shape index (κ2) is 9.50. The van der Waals surface area contributed by atoms with Crippen LogP contribution in [0.15, 0.2) is 29.2 Å². The third-order valence-electron chi connectivity index (χ3n) is 3.86. The molecule has 1 aromatic carbocycles. The number of ether oxygens (including phenoxy) is 1. The maximum absolute atomic E-state index is 5.54. The Bertz CT molecular complexity index is 406. The maximum Gasteiger partial charge on any atom is 0.0623 e. The third kappa shape index (κ3) is 7.35. The Morgan fingerprint density at radius 2 is 2.00 bits per heavy atom. The smallest absolute Gasteiger partial charge is 0.0623 e. The van der Waals surface area contributed by atoms with Crippen LogP contribution in [0.4, 0.5) is 0 Å². The molecule has 0 aliphatic carbocycles. The van der Waals surface area contributed by atoms with Crippen LogP contribution in [0, 0.1) is 6.92 Å². The fraction of sp³-hybridized carbons (Fsp3) is 0.667. The quantitative estimate of drug-likeness (QED) is 0.635. The van der Waals surface area contributed by atoms with Gasteiger partial charge in [-0.25, -0.2) is 0 Å². The van der Waals surface area contributed by atoms with Crippen LogP contribution in [0.5, 0.6) is 0 Å². The van der Waals surface area contributed by atoms with Gasteiger partial charge in [-0.2, -0.15) is 0 Å². The summed E-state index contributed by atoms with van der Waals surface area (Å²) >= 11 is 1.96. The van der Waals surface area contributed by atoms with Gasteiger partial charge in [-0.3, -0.25) is 0 Å². The normalized spacial score (nSPS) is 13.4. The molecule has 0 aromatic heterocycles. The minimum absolute atomic E-state index is 0.0283. The zero-order chi connectivity index (χ0) is 15.7. The molecule has 0 saturated carbocycles. The molecular weight excluding hydrogens is 278 g/mol. The van der Waals surface area contributed by atoms with E-state index in [0.717, 1.165) is 25.1 Å². The van der Waals surface area contributed by atoms with Crippen LogP contribution in [0.2, 0.25) is 0 Å². The minimum Gasteiger partial charge on any atom is -0.379 e. The monoisotopic (exact) mass is 309 g/mol. The topological polar surface area (TPSA) is 21.3 Å². The molecule has 3 heteroatoms. The molecule has 0 bridgehead atoms. The molecule has 0 heterocycles. The van der Waals surface area contributed by atoms with E-state index >= 15 is 0 Å². The zero-order valence-electron chi connectivity index (χ0n) is 14.2. The summed E-state index contributed by atoms with van der Waals surface area (Å²) in [5.41, 5.74) is 1.34. The van der Waals surface area contributed by atoms with Gasteiger partial charge in [0.15, 0.2) is 0 Å². The number of benzene rings is 1. The number of aryl methyl sites for hydroxylation is 1. The molecule has 0 spiro atoms. The Kier molecular flexibility index (Phi) is 8.38. The molecule has 0 aliphatic heterocycles. The van der Waals surface area contributed by atoms with Gasteiger partial charge in [0.2, 0.25) is 0 Å². The van der Waals surface area contributed by atoms with Gasteiger partial charge in [-0.05, 0) is 58.2 Å². The number of thioether (sulfide) groups is 1. The molecule has 0 aliphatic rings. The van der Waals surface area contributed by atoms with Gasteiger partial charge in [0, 0.05) is 23.8 Å². The first kappa shape index (κ1) is 18.5. The molecule has 120 valence electrons. The SMILES string of the molecule is CCCNC(CCC(C)(C)OC)CSc1ccccc1C. The van der Waals surface area contributed by atoms with Crippen molar-refractivity contribution in [2.45, 2.75) is 63.5 Å². The summed E-state index contributed by atoms with van der Waals surface area (Å²) in [6, 6.07) is 9.18. The van der Waals surface area contributed by atoms with Crippen LogP contribution < -0.4 is 5.32 Å². The van der Waals surface area contributed by atoms with Crippen molar-refractivity contribution in [3.05, 3.63) is 29.8 Å². The highest BCUT2D eigenvalue weighted by Gasteiger charge is 2.19. The third-order valence-corrected chi connectivity index (χ3v) is 5.20. The van der Waals surface area contributed by atoms with E-state index in [0.29, 0.717) is 6.04 Å². The van der Waals surface area contributed by atoms with E-state index in [1.807, 2.05) is 11.8 Å². The summed E-state index contributed by atoms with van der Waals surface area (Å²) in [4.78, 5) is 1.40. The molecule has 1 aromatic rings. The number of hydrogen-bond donors (Lipinski definition) is 1. The van der Waals surface area contributed by atoms with E-state index in [9.17, 15) is 0 Å². The van der Waals surface area contributed by atoms with Gasteiger partial charge in [-0.1, -0.05) is 25.1 Å². The van der Waals surface area contributed by atoms with Crippen molar-refractivity contribution >= 4 is 11.8 Å². The predicted octanol–water partition coefficient (Wildman–Crippen LogP) is 4.66. The lowest BCUT2D eigenvalue weighted by Gasteiger charge is -2.26. The highest BCUT2D eigenvalue weighted by molar-refractivity contribution is 7.99. The van der Waals surface area contributed by atoms with Gasteiger partial charge in [0.25, 0.3) is 0 Å². The maximum atomic E-state index is 5.54. The summed E-state index contributed by atoms with van der Waals surface area (Å²) < 4.78 is 5.54. The highest BCUT2D eigenvalue weighted by atomic mass is 32.2. The lowest BCUT2D eigenvalue weighted by molar-refractivity contribution is 0.0122. The second-order valence-electron chi connectivity index (χ2n) is 6.23. The first-order valence-corrected chi connectivity index (χ1v) is 8.94. The Balaban J connectivity index is 2.51. The van der Waals surface area contributed by atoms with Crippen LogP contribution in [-0.4, -0.2) is 31.1 Å². The van der Waals surface area contributed by atoms with Gasteiger partial charge < -0.3 is 10.1 Å². The first-order chi connectivity index (χ1) is 9.98. The van der Waals surface area contributed by atoms with E-state index < -0.39 is 0 Å². The van der Waals surface area contributed by atoms with E-state index in [-0.39, 0.29) is 5.60 Å². The van der Waals surface area contributed by atoms with Crippen molar-refractivity contribution in [1.29, 1.82) is 0 Å². The van der Waals surface area contributed by atoms with Crippen molar-refractivity contribution in [2.24, 2.45) is 0 Å². The Hall–Kier alpha value is -0.510. The van der Waals surface area contributed by atoms with Crippen LogP contribution >= 0.6 is 11.8 Å². The Morgan fingerprint density at radius 3 is 2.62 bits per heavy atom. The fourth-order valence-electron chi connectivity index (χ4n) is 2.13. The highest BCUT2D eigenvalue weighted by Crippen LogP contribution is 2.25. The molecule has 1 N–H and O–H groups in total. The summed E-state index contributed by atoms with van der Waals surface area (Å²) in [6.07, 6.45) is 3.41. The molecule has 1 unspecified atom stereocenters. The van der Waals surface area contributed by atoms with Gasteiger partial charge >= 0.3 is 0 Å². The van der Waals surface area contributed by atoms with Crippen molar-refractivity contribution in [1.82, 2.24) is 5.32 Å². The van der Waals surface area contributed by atoms with E-state index in [1.54, 1.807) is 7.11 Å². The summed E-state index contributed by atoms with van der Waals surface area (Å²) in [5, 5.41) is 3.68. The average Bonchev–Trinajstić information content (AvgIpc) is 2.48. The molecule has 2 nitrogen and oxygen atoms in total. The lowest BCUT2D eigenvalue weighted by Crippen LogP contribution is -2.35. The molecule has 1 atom stereocenters. The molecule has 0 saturated heterocycles. The van der Waals surface area contributed by atoms with E-state index in [2.05, 4.69) is 57.3 Å². The number of rotatable bonds is 10. The fourth-order valence-corrected chi connectivity index (χ4v) is 3.26. The van der Waals surface area contributed by atoms with Crippen molar-refractivity contribution in [3.63, 3.8) is 0 Å². The number of hydrogen-bond acceptors (Lipinski definition) is 3. The van der Waals surface area contributed by atoms with E-state index in [1.165, 1.54) is 16.9 Å². The van der Waals surface area contributed by atoms with Crippen molar-refractivity contribution in [3.8, 4) is 0 Å². The summed E-state index contributed by atoms with van der Waals surface area (Å²) in [6.45, 7) is 9.83. The lowest BCUT2D eigenvalue weighted by atomic mass is 9.99. The molecule has 21 heavy (non-hydrogen) atoms. The zero-order valence-corrected chi connectivity index (χ0v) is 15.1. The molecule has 0 radical (unpaired) electrons. The van der Waals surface area contributed by atoms with Gasteiger partial charge in [0.05, 0.1) is 5.60 Å². The van der Waals surface area contributed by atoms with Gasteiger partial charge in [0.1, 0.15) is 0 Å². The average molecular weight is 310 g/mol. The van der Waals surface area contributed by atoms with Crippen molar-refractivity contribution in [2.75, 3.05) is 19.4 Å². The predicted molar refractivity (Wildman–Crippen MR) is 94.3 cm³/mol. The summed E-state index contributed by atoms with van der Waals surface area (Å²) in [7, 11) is 1.80. The minimum atomic E-state index is -0.0283. The number of nitrogens with one attached hydrogen (secondary N) is 1. The van der Waals surface area contributed by atoms with Crippen LogP contribution in [0.3, 0.4) is 0 Å². The molecule has 0 amide bonds. The summed E-state index contributed by atoms with van der Waals surface area (Å²) in [5.74, 6) is 1.12. The molecule has 1 rings (SSSR count). The van der Waals surface area contributed by atoms with Crippen LogP contribution in [0.1, 0.15) is 45.6 Å². The van der Waals surface area contributed by atoms with E-state index in [4.69, 9.17) is 4.74 Å². The van der Waals surface area contributed by atoms with Crippen LogP contribution in [0.25, 0.3) is 0 Å².